The Morgan fingerprint density at radius 2 is 2.17 bits per heavy atom. The summed E-state index contributed by atoms with van der Waals surface area (Å²) in [5, 5.41) is 10.3. The van der Waals surface area contributed by atoms with E-state index in [0.29, 0.717) is 25.8 Å². The first-order chi connectivity index (χ1) is 11.7. The van der Waals surface area contributed by atoms with Gasteiger partial charge in [-0.3, -0.25) is 9.78 Å². The summed E-state index contributed by atoms with van der Waals surface area (Å²) in [5.74, 6) is 0.780. The van der Waals surface area contributed by atoms with Crippen LogP contribution in [0.1, 0.15) is 17.5 Å². The molecule has 1 aliphatic heterocycles. The van der Waals surface area contributed by atoms with Gasteiger partial charge in [-0.1, -0.05) is 18.2 Å². The van der Waals surface area contributed by atoms with Gasteiger partial charge in [0.1, 0.15) is 5.75 Å². The maximum atomic E-state index is 12.7. The second-order valence-electron chi connectivity index (χ2n) is 6.10. The highest BCUT2D eigenvalue weighted by Crippen LogP contribution is 2.23. The number of aliphatic hydroxyl groups excluding tert-OH is 1. The highest BCUT2D eigenvalue weighted by atomic mass is 16.5. The summed E-state index contributed by atoms with van der Waals surface area (Å²) >= 11 is 0. The third-order valence-electron chi connectivity index (χ3n) is 4.49. The number of likely N-dealkylation sites (tertiary alicyclic amines) is 1. The number of ether oxygens (including phenoxy) is 1. The number of carbonyl (C=O) groups is 1. The zero-order valence-corrected chi connectivity index (χ0v) is 13.8. The van der Waals surface area contributed by atoms with E-state index >= 15 is 0 Å². The van der Waals surface area contributed by atoms with E-state index in [0.717, 1.165) is 16.9 Å². The zero-order valence-electron chi connectivity index (χ0n) is 13.8. The van der Waals surface area contributed by atoms with Crippen LogP contribution in [0, 0.1) is 0 Å². The van der Waals surface area contributed by atoms with E-state index in [-0.39, 0.29) is 11.9 Å². The SMILES string of the molecule is COc1cccc(CC(=O)N2CC[C@@H](O)[C@@H]2Cc2cccnc2)c1. The molecule has 1 aliphatic rings. The number of rotatable bonds is 5. The average Bonchev–Trinajstić information content (AvgIpc) is 2.97. The molecule has 1 saturated heterocycles. The molecule has 3 rings (SSSR count). The number of aromatic nitrogens is 1. The van der Waals surface area contributed by atoms with Crippen molar-refractivity contribution < 1.29 is 14.6 Å². The summed E-state index contributed by atoms with van der Waals surface area (Å²) in [6.45, 7) is 0.592. The van der Waals surface area contributed by atoms with Gasteiger partial charge in [-0.25, -0.2) is 0 Å². The summed E-state index contributed by atoms with van der Waals surface area (Å²) in [7, 11) is 1.61. The molecule has 1 N–H and O–H groups in total. The van der Waals surface area contributed by atoms with Crippen molar-refractivity contribution in [1.82, 2.24) is 9.88 Å². The topological polar surface area (TPSA) is 62.7 Å². The molecular formula is C19H22N2O3. The number of nitrogens with zero attached hydrogens (tertiary/aromatic N) is 2. The standard InChI is InChI=1S/C19H22N2O3/c1-24-16-6-2-4-14(10-16)12-19(23)21-9-7-18(22)17(21)11-15-5-3-8-20-13-15/h2-6,8,10,13,17-18,22H,7,9,11-12H2,1H3/t17-,18+/m0/s1. The van der Waals surface area contributed by atoms with Gasteiger partial charge in [0.2, 0.25) is 5.91 Å². The Morgan fingerprint density at radius 1 is 1.33 bits per heavy atom. The number of hydrogen-bond donors (Lipinski definition) is 1. The number of carbonyl (C=O) groups excluding carboxylic acids is 1. The van der Waals surface area contributed by atoms with Crippen molar-refractivity contribution in [3.8, 4) is 5.75 Å². The molecule has 2 heterocycles. The molecule has 2 aromatic rings. The molecule has 1 aromatic heterocycles. The van der Waals surface area contributed by atoms with Crippen molar-refractivity contribution >= 4 is 5.91 Å². The van der Waals surface area contributed by atoms with E-state index in [9.17, 15) is 9.90 Å². The molecule has 24 heavy (non-hydrogen) atoms. The fraction of sp³-hybridized carbons (Fsp3) is 0.368. The number of benzene rings is 1. The fourth-order valence-corrected chi connectivity index (χ4v) is 3.21. The number of methoxy groups -OCH3 is 1. The van der Waals surface area contributed by atoms with Gasteiger partial charge in [0.15, 0.2) is 0 Å². The first-order valence-electron chi connectivity index (χ1n) is 8.17. The number of pyridine rings is 1. The molecule has 0 spiro atoms. The molecule has 0 bridgehead atoms. The van der Waals surface area contributed by atoms with Gasteiger partial charge in [0.05, 0.1) is 25.7 Å². The van der Waals surface area contributed by atoms with Crippen LogP contribution in [0.3, 0.4) is 0 Å². The lowest BCUT2D eigenvalue weighted by molar-refractivity contribution is -0.132. The van der Waals surface area contributed by atoms with E-state index in [1.165, 1.54) is 0 Å². The van der Waals surface area contributed by atoms with E-state index in [2.05, 4.69) is 4.98 Å². The second-order valence-corrected chi connectivity index (χ2v) is 6.10. The molecule has 2 atom stereocenters. The van der Waals surface area contributed by atoms with Crippen LogP contribution in [0.2, 0.25) is 0 Å². The Labute approximate surface area is 141 Å². The molecule has 1 amide bonds. The first kappa shape index (κ1) is 16.5. The van der Waals surface area contributed by atoms with Gasteiger partial charge < -0.3 is 14.7 Å². The van der Waals surface area contributed by atoms with Crippen molar-refractivity contribution in [1.29, 1.82) is 0 Å². The van der Waals surface area contributed by atoms with E-state index in [1.807, 2.05) is 36.4 Å². The van der Waals surface area contributed by atoms with Gasteiger partial charge in [-0.2, -0.15) is 0 Å². The summed E-state index contributed by atoms with van der Waals surface area (Å²) in [5.41, 5.74) is 1.95. The van der Waals surface area contributed by atoms with Crippen molar-refractivity contribution in [2.45, 2.75) is 31.4 Å². The Kier molecular flexibility index (Phi) is 5.11. The van der Waals surface area contributed by atoms with Crippen molar-refractivity contribution in [3.05, 3.63) is 59.9 Å². The lowest BCUT2D eigenvalue weighted by atomic mass is 10.0. The highest BCUT2D eigenvalue weighted by molar-refractivity contribution is 5.79. The zero-order chi connectivity index (χ0) is 16.9. The van der Waals surface area contributed by atoms with Crippen LogP contribution in [0.5, 0.6) is 5.75 Å². The lowest BCUT2D eigenvalue weighted by Crippen LogP contribution is -2.41. The lowest BCUT2D eigenvalue weighted by Gasteiger charge is -2.26. The van der Waals surface area contributed by atoms with E-state index < -0.39 is 6.10 Å². The maximum absolute atomic E-state index is 12.7. The number of amides is 1. The maximum Gasteiger partial charge on any atom is 0.227 e. The molecule has 5 heteroatoms. The monoisotopic (exact) mass is 326 g/mol. The van der Waals surface area contributed by atoms with Crippen molar-refractivity contribution in [2.75, 3.05) is 13.7 Å². The van der Waals surface area contributed by atoms with Crippen LogP contribution in [0.4, 0.5) is 0 Å². The van der Waals surface area contributed by atoms with E-state index in [4.69, 9.17) is 4.74 Å². The third kappa shape index (κ3) is 3.74. The molecule has 0 aliphatic carbocycles. The van der Waals surface area contributed by atoms with Crippen molar-refractivity contribution in [3.63, 3.8) is 0 Å². The predicted octanol–water partition coefficient (Wildman–Crippen LogP) is 1.84. The molecule has 0 unspecified atom stereocenters. The smallest absolute Gasteiger partial charge is 0.227 e. The molecule has 126 valence electrons. The highest BCUT2D eigenvalue weighted by Gasteiger charge is 2.35. The molecule has 1 aromatic carbocycles. The van der Waals surface area contributed by atoms with Gasteiger partial charge in [0, 0.05) is 18.9 Å². The predicted molar refractivity (Wildman–Crippen MR) is 90.8 cm³/mol. The second kappa shape index (κ2) is 7.45. The average molecular weight is 326 g/mol. The normalized spacial score (nSPS) is 20.2. The van der Waals surface area contributed by atoms with Crippen LogP contribution in [-0.2, 0) is 17.6 Å². The minimum absolute atomic E-state index is 0.0358. The third-order valence-corrected chi connectivity index (χ3v) is 4.49. The number of hydrogen-bond acceptors (Lipinski definition) is 4. The van der Waals surface area contributed by atoms with Crippen LogP contribution < -0.4 is 4.74 Å². The fourth-order valence-electron chi connectivity index (χ4n) is 3.21. The summed E-state index contributed by atoms with van der Waals surface area (Å²) in [6, 6.07) is 11.2. The van der Waals surface area contributed by atoms with E-state index in [1.54, 1.807) is 24.4 Å². The quantitative estimate of drug-likeness (QED) is 0.911. The van der Waals surface area contributed by atoms with Crippen LogP contribution in [0.15, 0.2) is 48.8 Å². The Morgan fingerprint density at radius 3 is 2.92 bits per heavy atom. The Hall–Kier alpha value is -2.40. The van der Waals surface area contributed by atoms with Crippen LogP contribution in [-0.4, -0.2) is 46.7 Å². The van der Waals surface area contributed by atoms with Gasteiger partial charge in [-0.15, -0.1) is 0 Å². The van der Waals surface area contributed by atoms with Crippen LogP contribution in [0.25, 0.3) is 0 Å². The first-order valence-corrected chi connectivity index (χ1v) is 8.17. The van der Waals surface area contributed by atoms with Gasteiger partial charge in [-0.05, 0) is 42.2 Å². The minimum Gasteiger partial charge on any atom is -0.497 e. The van der Waals surface area contributed by atoms with Gasteiger partial charge >= 0.3 is 0 Å². The molecule has 0 radical (unpaired) electrons. The molecular weight excluding hydrogens is 304 g/mol. The molecule has 5 nitrogen and oxygen atoms in total. The number of aliphatic hydroxyl groups is 1. The largest absolute Gasteiger partial charge is 0.497 e. The molecule has 0 saturated carbocycles. The Bertz CT molecular complexity index is 690. The Balaban J connectivity index is 1.70. The summed E-state index contributed by atoms with van der Waals surface area (Å²) in [4.78, 5) is 18.6. The minimum atomic E-state index is -0.487. The summed E-state index contributed by atoms with van der Waals surface area (Å²) < 4.78 is 5.21. The van der Waals surface area contributed by atoms with Crippen LogP contribution >= 0.6 is 0 Å². The molecule has 1 fully saturated rings. The van der Waals surface area contributed by atoms with Gasteiger partial charge in [0.25, 0.3) is 0 Å². The summed E-state index contributed by atoms with van der Waals surface area (Å²) in [6.07, 6.45) is 4.58. The van der Waals surface area contributed by atoms with Crippen molar-refractivity contribution in [2.24, 2.45) is 0 Å².